The second kappa shape index (κ2) is 7.00. The summed E-state index contributed by atoms with van der Waals surface area (Å²) in [6.45, 7) is 0. The molecule has 0 unspecified atom stereocenters. The van der Waals surface area contributed by atoms with Crippen LogP contribution in [0.25, 0.3) is 11.0 Å². The Hall–Kier alpha value is -2.65. The third-order valence-corrected chi connectivity index (χ3v) is 5.76. The first-order chi connectivity index (χ1) is 14.1. The summed E-state index contributed by atoms with van der Waals surface area (Å²) in [5.74, 6) is -0.344. The fraction of sp³-hybridized carbons (Fsp3) is 0.286. The minimum atomic E-state index is -2.02. The van der Waals surface area contributed by atoms with Crippen LogP contribution in [0.4, 0.5) is 0 Å². The summed E-state index contributed by atoms with van der Waals surface area (Å²) in [5, 5.41) is 22.4. The lowest BCUT2D eigenvalue weighted by Crippen LogP contribution is -2.50. The van der Waals surface area contributed by atoms with Crippen molar-refractivity contribution in [3.8, 4) is 0 Å². The van der Waals surface area contributed by atoms with Gasteiger partial charge in [-0.15, -0.1) is 0 Å². The number of fused-ring (bicyclic) bond motifs is 6. The van der Waals surface area contributed by atoms with Gasteiger partial charge >= 0.3 is 7.32 Å². The van der Waals surface area contributed by atoms with Crippen LogP contribution in [0, 0.1) is 0 Å². The van der Waals surface area contributed by atoms with Gasteiger partial charge in [0.2, 0.25) is 0 Å². The van der Waals surface area contributed by atoms with Crippen molar-refractivity contribution in [2.75, 3.05) is 0 Å². The molecule has 2 bridgehead atoms. The molecule has 2 aliphatic heterocycles. The van der Waals surface area contributed by atoms with E-state index in [1.165, 1.54) is 0 Å². The van der Waals surface area contributed by atoms with E-state index in [2.05, 4.69) is 5.32 Å². The number of hydrogen-bond donors (Lipinski definition) is 3. The van der Waals surface area contributed by atoms with Crippen molar-refractivity contribution in [2.24, 2.45) is 0 Å². The molecule has 0 radical (unpaired) electrons. The molecular formula is C21H20BNO6. The first-order valence-corrected chi connectivity index (χ1v) is 9.62. The highest BCUT2D eigenvalue weighted by Gasteiger charge is 2.55. The highest BCUT2D eigenvalue weighted by Crippen LogP contribution is 2.54. The average molecular weight is 393 g/mol. The summed E-state index contributed by atoms with van der Waals surface area (Å²) in [4.78, 5) is 13.3. The van der Waals surface area contributed by atoms with Gasteiger partial charge in [0.05, 0.1) is 12.4 Å². The van der Waals surface area contributed by atoms with Crippen LogP contribution < -0.4 is 5.32 Å². The quantitative estimate of drug-likeness (QED) is 0.438. The number of rotatable bonds is 6. The lowest BCUT2D eigenvalue weighted by atomic mass is 9.81. The molecule has 3 atom stereocenters. The molecule has 0 saturated carbocycles. The lowest BCUT2D eigenvalue weighted by Gasteiger charge is -2.28. The molecule has 1 amide bonds. The molecule has 148 valence electrons. The summed E-state index contributed by atoms with van der Waals surface area (Å²) in [5.41, 5.74) is 2.34. The number of furan rings is 1. The van der Waals surface area contributed by atoms with Gasteiger partial charge in [-0.3, -0.25) is 4.79 Å². The van der Waals surface area contributed by atoms with Gasteiger partial charge in [0.25, 0.3) is 5.91 Å². The maximum atomic E-state index is 13.3. The molecule has 1 aromatic heterocycles. The fourth-order valence-corrected chi connectivity index (χ4v) is 4.48. The minimum Gasteiger partial charge on any atom is -0.464 e. The van der Waals surface area contributed by atoms with Gasteiger partial charge < -0.3 is 29.2 Å². The van der Waals surface area contributed by atoms with E-state index in [0.29, 0.717) is 12.0 Å². The lowest BCUT2D eigenvalue weighted by molar-refractivity contribution is -0.147. The Morgan fingerprint density at radius 2 is 2.03 bits per heavy atom. The normalized spacial score (nSPS) is 23.2. The van der Waals surface area contributed by atoms with Crippen LogP contribution in [-0.2, 0) is 26.2 Å². The van der Waals surface area contributed by atoms with Crippen molar-refractivity contribution < 1.29 is 28.7 Å². The van der Waals surface area contributed by atoms with Crippen molar-refractivity contribution in [2.45, 2.75) is 37.2 Å². The largest absolute Gasteiger partial charge is 0.635 e. The van der Waals surface area contributed by atoms with Crippen LogP contribution in [0.1, 0.15) is 35.6 Å². The number of para-hydroxylation sites is 1. The number of ether oxygens (including phenoxy) is 1. The Balaban J connectivity index is 1.41. The van der Waals surface area contributed by atoms with Crippen LogP contribution in [0.5, 0.6) is 0 Å². The van der Waals surface area contributed by atoms with E-state index < -0.39 is 19.2 Å². The van der Waals surface area contributed by atoms with Gasteiger partial charge in [-0.1, -0.05) is 42.5 Å². The topological polar surface area (TPSA) is 101 Å². The number of benzene rings is 2. The Bertz CT molecular complexity index is 1070. The van der Waals surface area contributed by atoms with Gasteiger partial charge in [0, 0.05) is 17.4 Å². The third-order valence-electron chi connectivity index (χ3n) is 5.76. The summed E-state index contributed by atoms with van der Waals surface area (Å²) in [7, 11) is -2.02. The summed E-state index contributed by atoms with van der Waals surface area (Å²) >= 11 is 0. The number of nitrogens with one attached hydrogen (secondary N) is 1. The van der Waals surface area contributed by atoms with Crippen LogP contribution >= 0.6 is 0 Å². The van der Waals surface area contributed by atoms with Gasteiger partial charge in [0.15, 0.2) is 5.60 Å². The Morgan fingerprint density at radius 1 is 1.24 bits per heavy atom. The zero-order valence-electron chi connectivity index (χ0n) is 15.6. The SMILES string of the molecule is O=C(N[C@@H](Cc1coc2ccccc12)OB(O)O)[C@@]12CC[C@@H](O1)c1ccccc12. The predicted octanol–water partition coefficient (Wildman–Crippen LogP) is 2.16. The Kier molecular flexibility index (Phi) is 4.44. The molecule has 0 aliphatic carbocycles. The van der Waals surface area contributed by atoms with E-state index in [4.69, 9.17) is 13.8 Å². The molecule has 7 nitrogen and oxygen atoms in total. The zero-order chi connectivity index (χ0) is 20.0. The molecule has 2 aromatic carbocycles. The van der Waals surface area contributed by atoms with Crippen LogP contribution in [0.3, 0.4) is 0 Å². The summed E-state index contributed by atoms with van der Waals surface area (Å²) < 4.78 is 16.8. The molecular weight excluding hydrogens is 373 g/mol. The van der Waals surface area contributed by atoms with Crippen molar-refractivity contribution >= 4 is 24.2 Å². The van der Waals surface area contributed by atoms with E-state index in [1.54, 1.807) is 6.26 Å². The third kappa shape index (κ3) is 3.05. The molecule has 1 fully saturated rings. The predicted molar refractivity (Wildman–Crippen MR) is 104 cm³/mol. The molecule has 5 rings (SSSR count). The van der Waals surface area contributed by atoms with Crippen LogP contribution in [0.2, 0.25) is 0 Å². The van der Waals surface area contributed by atoms with E-state index in [1.807, 2.05) is 48.5 Å². The van der Waals surface area contributed by atoms with Crippen molar-refractivity contribution in [3.05, 3.63) is 71.5 Å². The minimum absolute atomic E-state index is 0.0856. The van der Waals surface area contributed by atoms with Gasteiger partial charge in [-0.05, 0) is 30.0 Å². The number of hydrogen-bond acceptors (Lipinski definition) is 6. The molecule has 8 heteroatoms. The van der Waals surface area contributed by atoms with Crippen LogP contribution in [0.15, 0.2) is 59.2 Å². The Morgan fingerprint density at radius 3 is 2.90 bits per heavy atom. The first kappa shape index (κ1) is 18.4. The number of carbonyl (C=O) groups excluding carboxylic acids is 1. The maximum absolute atomic E-state index is 13.3. The van der Waals surface area contributed by atoms with E-state index >= 15 is 0 Å². The highest BCUT2D eigenvalue weighted by atomic mass is 16.6. The molecule has 29 heavy (non-hydrogen) atoms. The Labute approximate surface area is 167 Å². The first-order valence-electron chi connectivity index (χ1n) is 9.62. The average Bonchev–Trinajstić information content (AvgIpc) is 3.41. The number of amides is 1. The van der Waals surface area contributed by atoms with Crippen LogP contribution in [-0.4, -0.2) is 29.5 Å². The molecule has 2 aliphatic rings. The molecule has 3 heterocycles. The van der Waals surface area contributed by atoms with Crippen molar-refractivity contribution in [1.29, 1.82) is 0 Å². The molecule has 3 aromatic rings. The smallest absolute Gasteiger partial charge is 0.464 e. The summed E-state index contributed by atoms with van der Waals surface area (Å²) in [6, 6.07) is 15.2. The maximum Gasteiger partial charge on any atom is 0.635 e. The zero-order valence-corrected chi connectivity index (χ0v) is 15.6. The second-order valence-corrected chi connectivity index (χ2v) is 7.45. The molecule has 1 saturated heterocycles. The summed E-state index contributed by atoms with van der Waals surface area (Å²) in [6.07, 6.45) is 2.09. The van der Waals surface area contributed by atoms with Gasteiger partial charge in [-0.25, -0.2) is 0 Å². The van der Waals surface area contributed by atoms with Gasteiger partial charge in [-0.2, -0.15) is 0 Å². The monoisotopic (exact) mass is 393 g/mol. The van der Waals surface area contributed by atoms with E-state index in [-0.39, 0.29) is 18.4 Å². The van der Waals surface area contributed by atoms with Crippen molar-refractivity contribution in [3.63, 3.8) is 0 Å². The fourth-order valence-electron chi connectivity index (χ4n) is 4.48. The standard InChI is InChI=1S/C21H20BNO6/c24-20(21-10-9-18(28-21)15-6-1-3-7-16(15)21)23-19(29-22(25)26)11-13-12-27-17-8-4-2-5-14(13)17/h1-8,12,18-19,25-26H,9-11H2,(H,23,24)/t18-,19-,21+/m1/s1. The molecule has 3 N–H and O–H groups in total. The van der Waals surface area contributed by atoms with E-state index in [0.717, 1.165) is 28.5 Å². The number of carbonyl (C=O) groups is 1. The second-order valence-electron chi connectivity index (χ2n) is 7.45. The molecule has 0 spiro atoms. The highest BCUT2D eigenvalue weighted by molar-refractivity contribution is 6.32. The van der Waals surface area contributed by atoms with Gasteiger partial charge in [0.1, 0.15) is 11.8 Å². The van der Waals surface area contributed by atoms with Crippen molar-refractivity contribution in [1.82, 2.24) is 5.32 Å². The van der Waals surface area contributed by atoms with E-state index in [9.17, 15) is 14.8 Å².